The zero-order chi connectivity index (χ0) is 22.9. The van der Waals surface area contributed by atoms with Crippen LogP contribution in [0.25, 0.3) is 5.70 Å². The van der Waals surface area contributed by atoms with Crippen LogP contribution < -0.4 is 10.6 Å². The smallest absolute Gasteiger partial charge is 0.261 e. The van der Waals surface area contributed by atoms with Gasteiger partial charge in [0.15, 0.2) is 0 Å². The van der Waals surface area contributed by atoms with E-state index in [0.717, 1.165) is 28.0 Å². The van der Waals surface area contributed by atoms with Gasteiger partial charge in [0.1, 0.15) is 17.2 Å². The average Bonchev–Trinajstić information content (AvgIpc) is 3.25. The van der Waals surface area contributed by atoms with Crippen molar-refractivity contribution < 1.29 is 9.18 Å². The van der Waals surface area contributed by atoms with Gasteiger partial charge in [0.05, 0.1) is 12.2 Å². The van der Waals surface area contributed by atoms with Crippen LogP contribution in [0.3, 0.4) is 0 Å². The number of hydrogen-bond donors (Lipinski definition) is 2. The number of halogens is 1. The van der Waals surface area contributed by atoms with Crippen molar-refractivity contribution in [3.05, 3.63) is 119 Å². The Kier molecular flexibility index (Phi) is 5.26. The van der Waals surface area contributed by atoms with Gasteiger partial charge in [0.2, 0.25) is 0 Å². The zero-order valence-electron chi connectivity index (χ0n) is 18.3. The lowest BCUT2D eigenvalue weighted by molar-refractivity contribution is 0.102. The number of carbonyl (C=O) groups excluding carboxylic acids is 1. The Labute approximate surface area is 191 Å². The quantitative estimate of drug-likeness (QED) is 0.414. The number of amides is 1. The molecule has 0 unspecified atom stereocenters. The Hall–Kier alpha value is -4.19. The first-order chi connectivity index (χ1) is 16.0. The third-order valence-corrected chi connectivity index (χ3v) is 5.76. The molecule has 33 heavy (non-hydrogen) atoms. The highest BCUT2D eigenvalue weighted by Crippen LogP contribution is 2.35. The maximum Gasteiger partial charge on any atom is 0.261 e. The number of aromatic nitrogens is 2. The second-order valence-corrected chi connectivity index (χ2v) is 8.24. The van der Waals surface area contributed by atoms with Gasteiger partial charge in [-0.3, -0.25) is 4.79 Å². The minimum Gasteiger partial charge on any atom is -0.339 e. The molecule has 5 rings (SSSR count). The Morgan fingerprint density at radius 3 is 2.24 bits per heavy atom. The Bertz CT molecular complexity index is 1340. The first-order valence-electron chi connectivity index (χ1n) is 10.7. The van der Waals surface area contributed by atoms with Crippen molar-refractivity contribution in [2.45, 2.75) is 19.9 Å². The number of fused-ring (bicyclic) bond motifs is 1. The zero-order valence-corrected chi connectivity index (χ0v) is 18.3. The second-order valence-electron chi connectivity index (χ2n) is 8.24. The molecule has 0 saturated heterocycles. The molecule has 1 aromatic heterocycles. The summed E-state index contributed by atoms with van der Waals surface area (Å²) in [5, 5.41) is 10.9. The van der Waals surface area contributed by atoms with E-state index in [9.17, 15) is 9.18 Å². The molecule has 0 radical (unpaired) electrons. The Balaban J connectivity index is 1.55. The molecule has 0 bridgehead atoms. The number of benzene rings is 3. The number of allylic oxidation sites excluding steroid dienone is 1. The van der Waals surface area contributed by atoms with Crippen molar-refractivity contribution in [3.63, 3.8) is 0 Å². The van der Waals surface area contributed by atoms with Crippen LogP contribution in [0.5, 0.6) is 0 Å². The summed E-state index contributed by atoms with van der Waals surface area (Å²) >= 11 is 0. The molecule has 1 atom stereocenters. The van der Waals surface area contributed by atoms with Crippen LogP contribution in [-0.4, -0.2) is 15.7 Å². The van der Waals surface area contributed by atoms with Crippen molar-refractivity contribution in [2.75, 3.05) is 10.6 Å². The van der Waals surface area contributed by atoms with E-state index in [1.165, 1.54) is 12.1 Å². The Morgan fingerprint density at radius 1 is 0.939 bits per heavy atom. The lowest BCUT2D eigenvalue weighted by atomic mass is 10.0. The molecule has 2 N–H and O–H groups in total. The maximum absolute atomic E-state index is 13.6. The topological polar surface area (TPSA) is 59.0 Å². The molecule has 4 aromatic rings. The first kappa shape index (κ1) is 20.7. The first-order valence-corrected chi connectivity index (χ1v) is 10.7. The number of carbonyl (C=O) groups is 1. The number of aryl methyl sites for hydroxylation is 2. The van der Waals surface area contributed by atoms with Gasteiger partial charge in [-0.15, -0.1) is 0 Å². The molecule has 1 aliphatic heterocycles. The minimum atomic E-state index is -0.297. The van der Waals surface area contributed by atoms with Crippen molar-refractivity contribution in [1.29, 1.82) is 0 Å². The van der Waals surface area contributed by atoms with E-state index in [-0.39, 0.29) is 17.8 Å². The van der Waals surface area contributed by atoms with Gasteiger partial charge in [-0.05, 0) is 55.3 Å². The van der Waals surface area contributed by atoms with Crippen LogP contribution in [0.2, 0.25) is 0 Å². The molecule has 0 saturated carbocycles. The number of hydrogen-bond acceptors (Lipinski definition) is 3. The third kappa shape index (κ3) is 4.15. The van der Waals surface area contributed by atoms with Crippen LogP contribution in [0.1, 0.15) is 38.7 Å². The third-order valence-electron chi connectivity index (χ3n) is 5.76. The molecule has 0 fully saturated rings. The largest absolute Gasteiger partial charge is 0.339 e. The summed E-state index contributed by atoms with van der Waals surface area (Å²) in [6.07, 6.45) is 3.61. The normalized spacial score (nSPS) is 14.8. The van der Waals surface area contributed by atoms with E-state index in [0.29, 0.717) is 17.1 Å². The van der Waals surface area contributed by atoms with Crippen LogP contribution in [0, 0.1) is 19.7 Å². The summed E-state index contributed by atoms with van der Waals surface area (Å²) in [6.45, 7) is 4.04. The van der Waals surface area contributed by atoms with Crippen LogP contribution >= 0.6 is 0 Å². The summed E-state index contributed by atoms with van der Waals surface area (Å²) in [7, 11) is 0. The van der Waals surface area contributed by atoms with E-state index in [1.54, 1.807) is 23.0 Å². The minimum absolute atomic E-state index is 0.254. The molecule has 1 aliphatic rings. The van der Waals surface area contributed by atoms with Crippen LogP contribution in [0.15, 0.2) is 85.1 Å². The summed E-state index contributed by atoms with van der Waals surface area (Å²) in [4.78, 5) is 13.1. The highest BCUT2D eigenvalue weighted by Gasteiger charge is 2.28. The lowest BCUT2D eigenvalue weighted by Gasteiger charge is -2.26. The molecule has 3 aromatic carbocycles. The predicted octanol–water partition coefficient (Wildman–Crippen LogP) is 5.95. The fraction of sp³-hybridized carbons (Fsp3) is 0.111. The van der Waals surface area contributed by atoms with Gasteiger partial charge in [-0.2, -0.15) is 5.10 Å². The van der Waals surface area contributed by atoms with Gasteiger partial charge >= 0.3 is 0 Å². The molecule has 2 heterocycles. The molecule has 6 heteroatoms. The van der Waals surface area contributed by atoms with Gasteiger partial charge in [0, 0.05) is 11.4 Å². The van der Waals surface area contributed by atoms with E-state index in [2.05, 4.69) is 15.7 Å². The molecule has 164 valence electrons. The van der Waals surface area contributed by atoms with Crippen molar-refractivity contribution in [1.82, 2.24) is 9.78 Å². The summed E-state index contributed by atoms with van der Waals surface area (Å²) in [5.41, 5.74) is 6.15. The van der Waals surface area contributed by atoms with E-state index >= 15 is 0 Å². The lowest BCUT2D eigenvalue weighted by Crippen LogP contribution is -2.22. The van der Waals surface area contributed by atoms with E-state index in [1.807, 2.05) is 68.5 Å². The van der Waals surface area contributed by atoms with Crippen molar-refractivity contribution >= 4 is 23.1 Å². The van der Waals surface area contributed by atoms with Crippen molar-refractivity contribution in [2.24, 2.45) is 0 Å². The van der Waals surface area contributed by atoms with E-state index < -0.39 is 0 Å². The fourth-order valence-electron chi connectivity index (χ4n) is 3.90. The second kappa shape index (κ2) is 8.39. The van der Waals surface area contributed by atoms with Gasteiger partial charge in [-0.25, -0.2) is 9.07 Å². The van der Waals surface area contributed by atoms with Crippen molar-refractivity contribution in [3.8, 4) is 0 Å². The summed E-state index contributed by atoms with van der Waals surface area (Å²) in [5.74, 6) is 0.0388. The van der Waals surface area contributed by atoms with Gasteiger partial charge in [0.25, 0.3) is 5.91 Å². The molecule has 0 spiro atoms. The number of rotatable bonds is 4. The standard InChI is InChI=1S/C27H23FN4O/c1-17-3-7-19(8-4-17)24-15-25(20-9-11-21(28)12-10-20)32-26(31-24)23(16-29-32)27(33)30-22-13-5-18(2)6-14-22/h3-16,25,31H,1-2H3,(H,30,33)/t25-/m1/s1. The predicted molar refractivity (Wildman–Crippen MR) is 129 cm³/mol. The summed E-state index contributed by atoms with van der Waals surface area (Å²) in [6, 6.07) is 21.9. The summed E-state index contributed by atoms with van der Waals surface area (Å²) < 4.78 is 15.3. The van der Waals surface area contributed by atoms with Crippen LogP contribution in [0.4, 0.5) is 15.9 Å². The average molecular weight is 439 g/mol. The molecular weight excluding hydrogens is 415 g/mol. The molecule has 1 amide bonds. The highest BCUT2D eigenvalue weighted by molar-refractivity contribution is 6.08. The highest BCUT2D eigenvalue weighted by atomic mass is 19.1. The fourth-order valence-corrected chi connectivity index (χ4v) is 3.90. The monoisotopic (exact) mass is 438 g/mol. The molecule has 0 aliphatic carbocycles. The SMILES string of the molecule is Cc1ccc(NC(=O)c2cnn3c2NC(c2ccc(C)cc2)=C[C@@H]3c2ccc(F)cc2)cc1. The van der Waals surface area contributed by atoms with Gasteiger partial charge in [-0.1, -0.05) is 59.7 Å². The molecular formula is C27H23FN4O. The maximum atomic E-state index is 13.6. The molecule has 5 nitrogen and oxygen atoms in total. The van der Waals surface area contributed by atoms with E-state index in [4.69, 9.17) is 0 Å². The van der Waals surface area contributed by atoms with Crippen LogP contribution in [-0.2, 0) is 0 Å². The number of nitrogens with zero attached hydrogens (tertiary/aromatic N) is 2. The number of anilines is 2. The number of nitrogens with one attached hydrogen (secondary N) is 2. The Morgan fingerprint density at radius 2 is 1.58 bits per heavy atom. The van der Waals surface area contributed by atoms with Gasteiger partial charge < -0.3 is 10.6 Å².